The first-order chi connectivity index (χ1) is 9.02. The van der Waals surface area contributed by atoms with Crippen molar-refractivity contribution in [1.29, 1.82) is 0 Å². The minimum atomic E-state index is -0.795. The lowest BCUT2D eigenvalue weighted by Crippen LogP contribution is -2.66. The van der Waals surface area contributed by atoms with Gasteiger partial charge in [0.15, 0.2) is 12.4 Å². The normalized spacial score (nSPS) is 22.8. The van der Waals surface area contributed by atoms with Gasteiger partial charge in [-0.2, -0.15) is 9.28 Å². The fraction of sp³-hybridized carbons (Fsp3) is 0.562. The number of hydrogen-bond acceptors (Lipinski definition) is 2. The molecule has 1 aliphatic heterocycles. The van der Waals surface area contributed by atoms with Crippen LogP contribution in [0, 0.1) is 0 Å². The summed E-state index contributed by atoms with van der Waals surface area (Å²) in [4.78, 5) is 14.3. The van der Waals surface area contributed by atoms with E-state index in [1.165, 1.54) is 0 Å². The van der Waals surface area contributed by atoms with Gasteiger partial charge in [-0.1, -0.05) is 12.1 Å². The van der Waals surface area contributed by atoms with E-state index in [1.807, 2.05) is 45.0 Å². The van der Waals surface area contributed by atoms with E-state index < -0.39 is 11.6 Å². The molecule has 1 N–H and O–H groups in total. The molecule has 0 spiro atoms. The van der Waals surface area contributed by atoms with Gasteiger partial charge in [0, 0.05) is 11.6 Å². The molecule has 20 heavy (non-hydrogen) atoms. The van der Waals surface area contributed by atoms with Crippen molar-refractivity contribution >= 4 is 17.5 Å². The summed E-state index contributed by atoms with van der Waals surface area (Å²) in [5.74, 6) is 0. The van der Waals surface area contributed by atoms with E-state index in [2.05, 4.69) is 25.7 Å². The maximum absolute atomic E-state index is 12.2. The molecule has 4 nitrogen and oxygen atoms in total. The van der Waals surface area contributed by atoms with Crippen LogP contribution >= 0.6 is 0 Å². The highest BCUT2D eigenvalue weighted by atomic mass is 16.4. The molecule has 0 radical (unpaired) electrons. The summed E-state index contributed by atoms with van der Waals surface area (Å²) in [6.45, 7) is 12.8. The van der Waals surface area contributed by atoms with Gasteiger partial charge in [0.2, 0.25) is 0 Å². The lowest BCUT2D eigenvalue weighted by Gasteiger charge is -2.41. The number of para-hydroxylation sites is 2. The number of quaternary nitrogens is 1. The number of hydrogen-bond donors (Lipinski definition) is 1. The summed E-state index contributed by atoms with van der Waals surface area (Å²) in [5, 5.41) is 9.98. The van der Waals surface area contributed by atoms with Crippen molar-refractivity contribution < 1.29 is 9.90 Å². The molecule has 4 heteroatoms. The fourth-order valence-corrected chi connectivity index (χ4v) is 2.98. The SMILES string of the molecule is CC(C)(C)N1C[N+](C(=O)O)(C(C)(C)C)c2ccccc21. The van der Waals surface area contributed by atoms with E-state index in [0.29, 0.717) is 6.67 Å². The van der Waals surface area contributed by atoms with E-state index in [-0.39, 0.29) is 10.0 Å². The van der Waals surface area contributed by atoms with E-state index >= 15 is 0 Å². The minimum absolute atomic E-state index is 0.0551. The maximum atomic E-state index is 12.2. The van der Waals surface area contributed by atoms with Gasteiger partial charge in [0.25, 0.3) is 0 Å². The molecule has 1 amide bonds. The predicted molar refractivity (Wildman–Crippen MR) is 83.1 cm³/mol. The van der Waals surface area contributed by atoms with Crippen molar-refractivity contribution in [2.24, 2.45) is 0 Å². The molecular weight excluding hydrogens is 252 g/mol. The summed E-state index contributed by atoms with van der Waals surface area (Å²) in [7, 11) is 0. The third-order valence-corrected chi connectivity index (χ3v) is 4.22. The van der Waals surface area contributed by atoms with Crippen LogP contribution in [0.3, 0.4) is 0 Å². The zero-order chi connectivity index (χ0) is 15.3. The maximum Gasteiger partial charge on any atom is 0.520 e. The highest BCUT2D eigenvalue weighted by molar-refractivity contribution is 5.91. The lowest BCUT2D eigenvalue weighted by molar-refractivity contribution is 0.106. The molecule has 1 aliphatic rings. The molecule has 0 aromatic heterocycles. The Labute approximate surface area is 121 Å². The third-order valence-electron chi connectivity index (χ3n) is 4.22. The van der Waals surface area contributed by atoms with Crippen LogP contribution in [0.2, 0.25) is 0 Å². The van der Waals surface area contributed by atoms with Gasteiger partial charge in [0.05, 0.1) is 0 Å². The Morgan fingerprint density at radius 2 is 1.70 bits per heavy atom. The van der Waals surface area contributed by atoms with Crippen LogP contribution in [0.1, 0.15) is 41.5 Å². The van der Waals surface area contributed by atoms with Gasteiger partial charge < -0.3 is 10.0 Å². The van der Waals surface area contributed by atoms with Crippen molar-refractivity contribution in [1.82, 2.24) is 4.48 Å². The number of anilines is 1. The number of benzene rings is 1. The van der Waals surface area contributed by atoms with Gasteiger partial charge in [-0.25, -0.2) is 0 Å². The Kier molecular flexibility index (Phi) is 3.13. The molecule has 0 saturated heterocycles. The minimum Gasteiger partial charge on any atom is -0.435 e. The number of amides is 1. The molecule has 1 heterocycles. The second-order valence-electron chi connectivity index (χ2n) is 7.49. The number of carbonyl (C=O) groups is 1. The number of rotatable bonds is 0. The number of nitrogens with zero attached hydrogens (tertiary/aromatic N) is 2. The first kappa shape index (κ1) is 14.9. The monoisotopic (exact) mass is 277 g/mol. The predicted octanol–water partition coefficient (Wildman–Crippen LogP) is 4.05. The highest BCUT2D eigenvalue weighted by Crippen LogP contribution is 2.48. The molecule has 110 valence electrons. The fourth-order valence-electron chi connectivity index (χ4n) is 2.98. The number of fused-ring (bicyclic) bond motifs is 1. The molecule has 1 unspecified atom stereocenters. The van der Waals surface area contributed by atoms with E-state index in [1.54, 1.807) is 0 Å². The molecule has 0 fully saturated rings. The molecule has 0 saturated carbocycles. The molecule has 0 aliphatic carbocycles. The van der Waals surface area contributed by atoms with E-state index in [4.69, 9.17) is 0 Å². The van der Waals surface area contributed by atoms with Gasteiger partial charge in [-0.15, -0.1) is 0 Å². The molecule has 1 aromatic carbocycles. The summed E-state index contributed by atoms with van der Waals surface area (Å²) in [5.41, 5.74) is 1.37. The van der Waals surface area contributed by atoms with Crippen molar-refractivity contribution in [3.05, 3.63) is 24.3 Å². The van der Waals surface area contributed by atoms with Crippen LogP contribution in [0.25, 0.3) is 0 Å². The van der Waals surface area contributed by atoms with Crippen molar-refractivity contribution in [2.45, 2.75) is 52.6 Å². The van der Waals surface area contributed by atoms with Crippen LogP contribution in [0.15, 0.2) is 24.3 Å². The van der Waals surface area contributed by atoms with Gasteiger partial charge in [-0.05, 0) is 47.6 Å². The third kappa shape index (κ3) is 1.90. The Balaban J connectivity index is 2.73. The van der Waals surface area contributed by atoms with Gasteiger partial charge >= 0.3 is 6.09 Å². The summed E-state index contributed by atoms with van der Waals surface area (Å²) >= 11 is 0. The first-order valence-electron chi connectivity index (χ1n) is 7.01. The second kappa shape index (κ2) is 4.22. The largest absolute Gasteiger partial charge is 0.520 e. The van der Waals surface area contributed by atoms with Crippen LogP contribution < -0.4 is 9.38 Å². The highest BCUT2D eigenvalue weighted by Gasteiger charge is 2.58. The van der Waals surface area contributed by atoms with Crippen molar-refractivity contribution in [3.63, 3.8) is 0 Å². The smallest absolute Gasteiger partial charge is 0.435 e. The average molecular weight is 277 g/mol. The van der Waals surface area contributed by atoms with Crippen LogP contribution in [-0.2, 0) is 0 Å². The second-order valence-corrected chi connectivity index (χ2v) is 7.49. The zero-order valence-electron chi connectivity index (χ0n) is 13.3. The zero-order valence-corrected chi connectivity index (χ0v) is 13.3. The molecule has 1 atom stereocenters. The number of carboxylic acid groups (broad SMARTS) is 1. The molecular formula is C16H25N2O2+. The Morgan fingerprint density at radius 1 is 1.15 bits per heavy atom. The van der Waals surface area contributed by atoms with Crippen molar-refractivity contribution in [2.75, 3.05) is 11.6 Å². The topological polar surface area (TPSA) is 40.5 Å². The summed E-state index contributed by atoms with van der Waals surface area (Å²) in [6, 6.07) is 7.87. The molecule has 1 aromatic rings. The Morgan fingerprint density at radius 3 is 2.15 bits per heavy atom. The van der Waals surface area contributed by atoms with E-state index in [0.717, 1.165) is 11.4 Å². The van der Waals surface area contributed by atoms with Crippen LogP contribution in [0.5, 0.6) is 0 Å². The van der Waals surface area contributed by atoms with Crippen LogP contribution in [-0.4, -0.2) is 28.9 Å². The summed E-state index contributed by atoms with van der Waals surface area (Å²) in [6.07, 6.45) is -0.795. The standard InChI is InChI=1S/C16H24N2O2/c1-15(2,3)17-11-18(14(19)20,16(4,5)6)13-10-8-7-9-12(13)17/h7-10H,11H2,1-6H3/p+1. The Bertz CT molecular complexity index is 540. The van der Waals surface area contributed by atoms with Gasteiger partial charge in [-0.3, -0.25) is 0 Å². The average Bonchev–Trinajstić information content (AvgIpc) is 2.63. The summed E-state index contributed by atoms with van der Waals surface area (Å²) < 4.78 is -0.0551. The Hall–Kier alpha value is -1.55. The van der Waals surface area contributed by atoms with Gasteiger partial charge in [0.1, 0.15) is 11.2 Å². The van der Waals surface area contributed by atoms with E-state index in [9.17, 15) is 9.90 Å². The lowest BCUT2D eigenvalue weighted by atomic mass is 10.0. The molecule has 2 rings (SSSR count). The van der Waals surface area contributed by atoms with Crippen LogP contribution in [0.4, 0.5) is 16.2 Å². The van der Waals surface area contributed by atoms with Crippen molar-refractivity contribution in [3.8, 4) is 0 Å². The first-order valence-corrected chi connectivity index (χ1v) is 7.01. The molecule has 0 bridgehead atoms. The quantitative estimate of drug-likeness (QED) is 0.727.